The molecule has 1 saturated heterocycles. The van der Waals surface area contributed by atoms with Gasteiger partial charge in [-0.3, -0.25) is 4.79 Å². The van der Waals surface area contributed by atoms with Crippen molar-refractivity contribution >= 4 is 11.9 Å². The molecule has 1 aliphatic rings. The lowest BCUT2D eigenvalue weighted by Gasteiger charge is -2.11. The van der Waals surface area contributed by atoms with Gasteiger partial charge in [-0.15, -0.1) is 0 Å². The molecule has 0 spiro atoms. The van der Waals surface area contributed by atoms with Crippen LogP contribution in [0.4, 0.5) is 13.2 Å². The Kier molecular flexibility index (Phi) is 4.92. The second-order valence-corrected chi connectivity index (χ2v) is 2.33. The molecule has 0 unspecified atom stereocenters. The molecule has 0 aromatic rings. The topological polar surface area (TPSA) is 78.4 Å². The van der Waals surface area contributed by atoms with E-state index >= 15 is 0 Å². The maximum Gasteiger partial charge on any atom is 0.490 e. The standard InChI is InChI=1S/C4H8N2O.C2HF3O2/c7-4-3-5-1-2-6-4;3-2(4,5)1(6)7/h5H,1-3H2,(H,6,7);(H,6,7). The van der Waals surface area contributed by atoms with E-state index in [4.69, 9.17) is 9.90 Å². The molecule has 5 nitrogen and oxygen atoms in total. The first-order valence-corrected chi connectivity index (χ1v) is 3.61. The molecule has 1 heterocycles. The normalized spacial score (nSPS) is 16.4. The van der Waals surface area contributed by atoms with Gasteiger partial charge < -0.3 is 15.7 Å². The molecule has 1 fully saturated rings. The van der Waals surface area contributed by atoms with Gasteiger partial charge >= 0.3 is 12.1 Å². The van der Waals surface area contributed by atoms with Crippen LogP contribution in [0.25, 0.3) is 0 Å². The zero-order valence-corrected chi connectivity index (χ0v) is 7.02. The Morgan fingerprint density at radius 1 is 1.36 bits per heavy atom. The fourth-order valence-electron chi connectivity index (χ4n) is 0.555. The molecule has 0 aliphatic carbocycles. The molecule has 0 bridgehead atoms. The number of carbonyl (C=O) groups is 2. The maximum absolute atomic E-state index is 10.6. The van der Waals surface area contributed by atoms with Gasteiger partial charge in [-0.25, -0.2) is 4.79 Å². The summed E-state index contributed by atoms with van der Waals surface area (Å²) in [6.07, 6.45) is -5.08. The molecule has 1 rings (SSSR count). The number of hydrogen-bond donors (Lipinski definition) is 3. The quantitative estimate of drug-likeness (QED) is 0.500. The number of piperazine rings is 1. The van der Waals surface area contributed by atoms with Crippen LogP contribution in [0.3, 0.4) is 0 Å². The van der Waals surface area contributed by atoms with Crippen molar-refractivity contribution in [3.63, 3.8) is 0 Å². The van der Waals surface area contributed by atoms with Crippen LogP contribution in [-0.4, -0.2) is 42.8 Å². The lowest BCUT2D eigenvalue weighted by molar-refractivity contribution is -0.192. The van der Waals surface area contributed by atoms with E-state index in [1.165, 1.54) is 0 Å². The van der Waals surface area contributed by atoms with Crippen LogP contribution in [0.1, 0.15) is 0 Å². The van der Waals surface area contributed by atoms with Crippen LogP contribution >= 0.6 is 0 Å². The molecule has 1 amide bonds. The minimum absolute atomic E-state index is 0.103. The Labute approximate surface area is 77.3 Å². The molecule has 1 aliphatic heterocycles. The summed E-state index contributed by atoms with van der Waals surface area (Å²) in [5.41, 5.74) is 0. The van der Waals surface area contributed by atoms with Gasteiger partial charge in [-0.05, 0) is 0 Å². The number of rotatable bonds is 0. The summed E-state index contributed by atoms with van der Waals surface area (Å²) in [6, 6.07) is 0. The van der Waals surface area contributed by atoms with Crippen molar-refractivity contribution in [2.24, 2.45) is 0 Å². The van der Waals surface area contributed by atoms with Crippen molar-refractivity contribution in [3.8, 4) is 0 Å². The average Bonchev–Trinajstić information content (AvgIpc) is 2.04. The number of nitrogens with one attached hydrogen (secondary N) is 2. The summed E-state index contributed by atoms with van der Waals surface area (Å²) in [5, 5.41) is 12.7. The van der Waals surface area contributed by atoms with E-state index in [1.807, 2.05) is 0 Å². The lowest BCUT2D eigenvalue weighted by Crippen LogP contribution is -2.44. The first-order chi connectivity index (χ1) is 6.34. The van der Waals surface area contributed by atoms with Crippen molar-refractivity contribution in [1.29, 1.82) is 0 Å². The molecule has 0 radical (unpaired) electrons. The Morgan fingerprint density at radius 2 is 1.86 bits per heavy atom. The van der Waals surface area contributed by atoms with E-state index < -0.39 is 12.1 Å². The van der Waals surface area contributed by atoms with Crippen LogP contribution in [0.15, 0.2) is 0 Å². The molecule has 0 atom stereocenters. The zero-order valence-electron chi connectivity index (χ0n) is 7.02. The summed E-state index contributed by atoms with van der Waals surface area (Å²) >= 11 is 0. The zero-order chi connectivity index (χ0) is 11.2. The second kappa shape index (κ2) is 5.43. The Balaban J connectivity index is 0.000000241. The van der Waals surface area contributed by atoms with Gasteiger partial charge in [0.15, 0.2) is 0 Å². The third kappa shape index (κ3) is 6.23. The van der Waals surface area contributed by atoms with E-state index in [0.29, 0.717) is 6.54 Å². The highest BCUT2D eigenvalue weighted by Crippen LogP contribution is 2.13. The highest BCUT2D eigenvalue weighted by molar-refractivity contribution is 5.78. The first kappa shape index (κ1) is 12.7. The Bertz CT molecular complexity index is 209. The minimum Gasteiger partial charge on any atom is -0.475 e. The molecule has 14 heavy (non-hydrogen) atoms. The van der Waals surface area contributed by atoms with Crippen LogP contribution in [-0.2, 0) is 9.59 Å². The van der Waals surface area contributed by atoms with Gasteiger partial charge in [-0.2, -0.15) is 13.2 Å². The number of hydrogen-bond acceptors (Lipinski definition) is 3. The van der Waals surface area contributed by atoms with Crippen molar-refractivity contribution in [2.45, 2.75) is 6.18 Å². The number of aliphatic carboxylic acids is 1. The maximum atomic E-state index is 10.6. The molecule has 82 valence electrons. The minimum atomic E-state index is -5.08. The van der Waals surface area contributed by atoms with E-state index in [9.17, 15) is 18.0 Å². The molecule has 0 aromatic heterocycles. The highest BCUT2D eigenvalue weighted by Gasteiger charge is 2.38. The predicted molar refractivity (Wildman–Crippen MR) is 39.6 cm³/mol. The van der Waals surface area contributed by atoms with Crippen LogP contribution in [0.2, 0.25) is 0 Å². The molecular formula is C6H9F3N2O3. The number of carboxylic acid groups (broad SMARTS) is 1. The summed E-state index contributed by atoms with van der Waals surface area (Å²) in [7, 11) is 0. The van der Waals surface area contributed by atoms with Gasteiger partial charge in [0.1, 0.15) is 0 Å². The number of carboxylic acids is 1. The monoisotopic (exact) mass is 214 g/mol. The van der Waals surface area contributed by atoms with Crippen molar-refractivity contribution in [3.05, 3.63) is 0 Å². The molecule has 0 aromatic carbocycles. The van der Waals surface area contributed by atoms with Gasteiger partial charge in [-0.1, -0.05) is 0 Å². The number of carbonyl (C=O) groups excluding carboxylic acids is 1. The SMILES string of the molecule is O=C(O)C(F)(F)F.O=C1CNCCN1. The van der Waals surface area contributed by atoms with Crippen molar-refractivity contribution in [2.75, 3.05) is 19.6 Å². The summed E-state index contributed by atoms with van der Waals surface area (Å²) < 4.78 is 31.7. The third-order valence-corrected chi connectivity index (χ3v) is 1.15. The summed E-state index contributed by atoms with van der Waals surface area (Å²) in [6.45, 7) is 2.17. The Hall–Kier alpha value is -1.31. The fourth-order valence-corrected chi connectivity index (χ4v) is 0.555. The summed E-state index contributed by atoms with van der Waals surface area (Å²) in [4.78, 5) is 19.2. The predicted octanol–water partition coefficient (Wildman–Crippen LogP) is -0.661. The van der Waals surface area contributed by atoms with Crippen LogP contribution in [0, 0.1) is 0 Å². The summed E-state index contributed by atoms with van der Waals surface area (Å²) in [5.74, 6) is -2.65. The largest absolute Gasteiger partial charge is 0.490 e. The van der Waals surface area contributed by atoms with Crippen molar-refractivity contribution in [1.82, 2.24) is 10.6 Å². The van der Waals surface area contributed by atoms with Crippen molar-refractivity contribution < 1.29 is 27.9 Å². The van der Waals surface area contributed by atoms with E-state index in [0.717, 1.165) is 13.1 Å². The molecular weight excluding hydrogens is 205 g/mol. The van der Waals surface area contributed by atoms with Gasteiger partial charge in [0.2, 0.25) is 5.91 Å². The molecule has 3 N–H and O–H groups in total. The Morgan fingerprint density at radius 3 is 2.00 bits per heavy atom. The molecule has 8 heteroatoms. The lowest BCUT2D eigenvalue weighted by atomic mass is 10.4. The smallest absolute Gasteiger partial charge is 0.475 e. The number of alkyl halides is 3. The fraction of sp³-hybridized carbons (Fsp3) is 0.667. The van der Waals surface area contributed by atoms with Gasteiger partial charge in [0, 0.05) is 13.1 Å². The van der Waals surface area contributed by atoms with Crippen LogP contribution < -0.4 is 10.6 Å². The van der Waals surface area contributed by atoms with Gasteiger partial charge in [0.05, 0.1) is 6.54 Å². The number of halogens is 3. The molecule has 0 saturated carbocycles. The van der Waals surface area contributed by atoms with E-state index in [-0.39, 0.29) is 5.91 Å². The van der Waals surface area contributed by atoms with E-state index in [2.05, 4.69) is 10.6 Å². The van der Waals surface area contributed by atoms with Gasteiger partial charge in [0.25, 0.3) is 0 Å². The van der Waals surface area contributed by atoms with Crippen LogP contribution in [0.5, 0.6) is 0 Å². The number of amides is 1. The third-order valence-electron chi connectivity index (χ3n) is 1.15. The first-order valence-electron chi connectivity index (χ1n) is 3.61. The average molecular weight is 214 g/mol. The van der Waals surface area contributed by atoms with E-state index in [1.54, 1.807) is 0 Å². The second-order valence-electron chi connectivity index (χ2n) is 2.33. The highest BCUT2D eigenvalue weighted by atomic mass is 19.4.